The molecule has 1 aromatic carbocycles. The lowest BCUT2D eigenvalue weighted by Crippen LogP contribution is -2.38. The van der Waals surface area contributed by atoms with Crippen molar-refractivity contribution in [3.8, 4) is 5.75 Å². The number of fused-ring (bicyclic) bond motifs is 1. The van der Waals surface area contributed by atoms with Crippen LogP contribution < -0.4 is 4.74 Å². The quantitative estimate of drug-likeness (QED) is 0.776. The van der Waals surface area contributed by atoms with Gasteiger partial charge in [0.25, 0.3) is 0 Å². The number of benzene rings is 1. The van der Waals surface area contributed by atoms with Crippen LogP contribution in [-0.2, 0) is 24.3 Å². The molecule has 0 bridgehead atoms. The van der Waals surface area contributed by atoms with Gasteiger partial charge in [-0.1, -0.05) is 12.1 Å². The van der Waals surface area contributed by atoms with Gasteiger partial charge in [0.2, 0.25) is 5.91 Å². The van der Waals surface area contributed by atoms with Crippen LogP contribution in [0.25, 0.3) is 0 Å². The molecule has 7 nitrogen and oxygen atoms in total. The van der Waals surface area contributed by atoms with E-state index < -0.39 is 0 Å². The van der Waals surface area contributed by atoms with Crippen LogP contribution in [0.4, 0.5) is 0 Å². The van der Waals surface area contributed by atoms with E-state index in [1.54, 1.807) is 6.92 Å². The highest BCUT2D eigenvalue weighted by Gasteiger charge is 2.29. The molecule has 0 spiro atoms. The van der Waals surface area contributed by atoms with Crippen LogP contribution in [0.3, 0.4) is 0 Å². The van der Waals surface area contributed by atoms with Crippen LogP contribution in [0.5, 0.6) is 5.75 Å². The van der Waals surface area contributed by atoms with E-state index in [9.17, 15) is 4.79 Å². The number of hydrogen-bond acceptors (Lipinski definition) is 5. The molecule has 0 aliphatic carbocycles. The summed E-state index contributed by atoms with van der Waals surface area (Å²) in [5.41, 5.74) is 1.30. The van der Waals surface area contributed by atoms with Crippen molar-refractivity contribution in [1.82, 2.24) is 24.6 Å². The molecule has 29 heavy (non-hydrogen) atoms. The molecule has 0 N–H and O–H groups in total. The Balaban J connectivity index is 1.40. The number of nitrogens with zero attached hydrogens (tertiary/aromatic N) is 5. The van der Waals surface area contributed by atoms with Gasteiger partial charge in [-0.3, -0.25) is 9.69 Å². The van der Waals surface area contributed by atoms with E-state index >= 15 is 0 Å². The summed E-state index contributed by atoms with van der Waals surface area (Å²) in [5, 5.41) is 9.04. The molecule has 7 heteroatoms. The van der Waals surface area contributed by atoms with E-state index in [0.29, 0.717) is 12.5 Å². The minimum atomic E-state index is 0.159. The zero-order valence-electron chi connectivity index (χ0n) is 17.5. The third-order valence-corrected chi connectivity index (χ3v) is 6.02. The Morgan fingerprint density at radius 1 is 1.14 bits per heavy atom. The molecule has 1 saturated heterocycles. The maximum Gasteiger partial charge on any atom is 0.219 e. The Labute approximate surface area is 172 Å². The van der Waals surface area contributed by atoms with E-state index in [-0.39, 0.29) is 5.91 Å². The fourth-order valence-corrected chi connectivity index (χ4v) is 4.44. The molecule has 156 valence electrons. The Morgan fingerprint density at radius 3 is 2.72 bits per heavy atom. The van der Waals surface area contributed by atoms with Gasteiger partial charge in [0.1, 0.15) is 17.4 Å². The van der Waals surface area contributed by atoms with Crippen LogP contribution in [0, 0.1) is 0 Å². The topological polar surface area (TPSA) is 63.5 Å². The van der Waals surface area contributed by atoms with E-state index in [2.05, 4.69) is 31.8 Å². The van der Waals surface area contributed by atoms with Gasteiger partial charge >= 0.3 is 0 Å². The van der Waals surface area contributed by atoms with Gasteiger partial charge in [0.05, 0.1) is 6.61 Å². The molecule has 0 unspecified atom stereocenters. The first-order valence-corrected chi connectivity index (χ1v) is 10.8. The first-order chi connectivity index (χ1) is 14.1. The van der Waals surface area contributed by atoms with Gasteiger partial charge in [0, 0.05) is 58.5 Å². The number of rotatable bonds is 5. The van der Waals surface area contributed by atoms with Crippen LogP contribution in [-0.4, -0.2) is 63.3 Å². The van der Waals surface area contributed by atoms with Crippen molar-refractivity contribution in [2.24, 2.45) is 0 Å². The van der Waals surface area contributed by atoms with E-state index in [1.807, 2.05) is 24.0 Å². The molecule has 2 aromatic rings. The highest BCUT2D eigenvalue weighted by Crippen LogP contribution is 2.27. The summed E-state index contributed by atoms with van der Waals surface area (Å²) in [7, 11) is 0. The molecule has 2 aliphatic heterocycles. The molecule has 1 atom stereocenters. The maximum absolute atomic E-state index is 11.8. The molecule has 0 radical (unpaired) electrons. The summed E-state index contributed by atoms with van der Waals surface area (Å²) in [4.78, 5) is 16.2. The van der Waals surface area contributed by atoms with Crippen molar-refractivity contribution in [3.05, 3.63) is 41.5 Å². The zero-order valence-corrected chi connectivity index (χ0v) is 17.5. The fourth-order valence-electron chi connectivity index (χ4n) is 4.44. The lowest BCUT2D eigenvalue weighted by atomic mass is 9.97. The Hall–Kier alpha value is -2.41. The van der Waals surface area contributed by atoms with Gasteiger partial charge in [-0.2, -0.15) is 0 Å². The number of carbonyl (C=O) groups is 1. The molecular formula is C22H31N5O2. The Morgan fingerprint density at radius 2 is 1.97 bits per heavy atom. The van der Waals surface area contributed by atoms with Crippen molar-refractivity contribution in [2.45, 2.75) is 52.1 Å². The zero-order chi connectivity index (χ0) is 20.2. The molecule has 1 fully saturated rings. The fraction of sp³-hybridized carbons (Fsp3) is 0.591. The molecule has 1 aromatic heterocycles. The van der Waals surface area contributed by atoms with Gasteiger partial charge in [0.15, 0.2) is 0 Å². The monoisotopic (exact) mass is 397 g/mol. The van der Waals surface area contributed by atoms with E-state index in [0.717, 1.165) is 75.9 Å². The standard InChI is InChI=1S/C22H31N5O2/c1-3-29-20-8-6-18(7-9-20)15-25-12-10-21-23-24-22(27(21)14-13-25)19-5-4-11-26(16-19)17(2)28/h6-9,19H,3-5,10-16H2,1-2H3/t19-/m1/s1. The van der Waals surface area contributed by atoms with E-state index in [4.69, 9.17) is 4.74 Å². The number of piperidine rings is 1. The maximum atomic E-state index is 11.8. The number of carbonyl (C=O) groups excluding carboxylic acids is 1. The van der Waals surface area contributed by atoms with Crippen molar-refractivity contribution in [1.29, 1.82) is 0 Å². The minimum absolute atomic E-state index is 0.159. The van der Waals surface area contributed by atoms with Crippen molar-refractivity contribution in [3.63, 3.8) is 0 Å². The first kappa shape index (κ1) is 19.9. The molecule has 1 amide bonds. The van der Waals surface area contributed by atoms with Crippen LogP contribution in [0.1, 0.15) is 49.8 Å². The predicted octanol–water partition coefficient (Wildman–Crippen LogP) is 2.46. The second-order valence-corrected chi connectivity index (χ2v) is 8.03. The number of amides is 1. The number of ether oxygens (including phenoxy) is 1. The summed E-state index contributed by atoms with van der Waals surface area (Å²) in [6, 6.07) is 8.40. The number of aromatic nitrogens is 3. The molecular weight excluding hydrogens is 366 g/mol. The smallest absolute Gasteiger partial charge is 0.219 e. The third kappa shape index (κ3) is 4.61. The average molecular weight is 398 g/mol. The second kappa shape index (κ2) is 8.95. The largest absolute Gasteiger partial charge is 0.494 e. The van der Waals surface area contributed by atoms with Gasteiger partial charge in [-0.15, -0.1) is 10.2 Å². The molecule has 4 rings (SSSR count). The summed E-state index contributed by atoms with van der Waals surface area (Å²) >= 11 is 0. The lowest BCUT2D eigenvalue weighted by Gasteiger charge is -2.31. The predicted molar refractivity (Wildman–Crippen MR) is 111 cm³/mol. The van der Waals surface area contributed by atoms with E-state index in [1.165, 1.54) is 5.56 Å². The van der Waals surface area contributed by atoms with Gasteiger partial charge < -0.3 is 14.2 Å². The van der Waals surface area contributed by atoms with Crippen molar-refractivity contribution >= 4 is 5.91 Å². The Bertz CT molecular complexity index is 832. The highest BCUT2D eigenvalue weighted by molar-refractivity contribution is 5.73. The summed E-state index contributed by atoms with van der Waals surface area (Å²) in [6.45, 7) is 9.79. The third-order valence-electron chi connectivity index (χ3n) is 6.02. The number of likely N-dealkylation sites (tertiary alicyclic amines) is 1. The molecule has 0 saturated carbocycles. The van der Waals surface area contributed by atoms with Crippen LogP contribution in [0.2, 0.25) is 0 Å². The van der Waals surface area contributed by atoms with Crippen molar-refractivity contribution in [2.75, 3.05) is 32.8 Å². The summed E-state index contributed by atoms with van der Waals surface area (Å²) < 4.78 is 7.85. The Kier molecular flexibility index (Phi) is 6.13. The van der Waals surface area contributed by atoms with Gasteiger partial charge in [-0.25, -0.2) is 0 Å². The molecule has 3 heterocycles. The van der Waals surface area contributed by atoms with Gasteiger partial charge in [-0.05, 0) is 37.5 Å². The molecule has 2 aliphatic rings. The highest BCUT2D eigenvalue weighted by atomic mass is 16.5. The number of hydrogen-bond donors (Lipinski definition) is 0. The average Bonchev–Trinajstić information content (AvgIpc) is 3.04. The lowest BCUT2D eigenvalue weighted by molar-refractivity contribution is -0.130. The summed E-state index contributed by atoms with van der Waals surface area (Å²) in [6.07, 6.45) is 3.03. The SMILES string of the molecule is CCOc1ccc(CN2CCc3nnc([C@@H]4CCCN(C(C)=O)C4)n3CC2)cc1. The second-order valence-electron chi connectivity index (χ2n) is 8.03. The van der Waals surface area contributed by atoms with Crippen LogP contribution in [0.15, 0.2) is 24.3 Å². The first-order valence-electron chi connectivity index (χ1n) is 10.8. The normalized spacial score (nSPS) is 20.2. The van der Waals surface area contributed by atoms with Crippen LogP contribution >= 0.6 is 0 Å². The van der Waals surface area contributed by atoms with Crippen molar-refractivity contribution < 1.29 is 9.53 Å². The summed E-state index contributed by atoms with van der Waals surface area (Å²) in [5.74, 6) is 3.52. The minimum Gasteiger partial charge on any atom is -0.494 e.